The topological polar surface area (TPSA) is 47.6 Å². The molecule has 0 aromatic heterocycles. The monoisotopic (exact) mass is 261 g/mol. The highest BCUT2D eigenvalue weighted by atomic mass is 16.6. The van der Waals surface area contributed by atoms with Crippen molar-refractivity contribution in [1.29, 1.82) is 0 Å². The fraction of sp³-hybridized carbons (Fsp3) is 0.533. The Hall–Kier alpha value is -1.71. The van der Waals surface area contributed by atoms with Crippen molar-refractivity contribution in [2.24, 2.45) is 5.92 Å². The van der Waals surface area contributed by atoms with Gasteiger partial charge in [0, 0.05) is 12.0 Å². The van der Waals surface area contributed by atoms with E-state index in [1.807, 2.05) is 32.0 Å². The Bertz CT molecular complexity index is 498. The Morgan fingerprint density at radius 2 is 2.00 bits per heavy atom. The maximum atomic E-state index is 11.9. The minimum Gasteiger partial charge on any atom is -0.486 e. The van der Waals surface area contributed by atoms with E-state index in [1.54, 1.807) is 0 Å². The summed E-state index contributed by atoms with van der Waals surface area (Å²) in [6.07, 6.45) is 0.929. The number of benzene rings is 1. The number of ether oxygens (including phenoxy) is 2. The third kappa shape index (κ3) is 2.53. The van der Waals surface area contributed by atoms with E-state index in [2.05, 4.69) is 5.32 Å². The second-order valence-corrected chi connectivity index (χ2v) is 5.52. The van der Waals surface area contributed by atoms with Crippen molar-refractivity contribution >= 4 is 5.91 Å². The number of nitrogens with one attached hydrogen (secondary N) is 1. The van der Waals surface area contributed by atoms with Gasteiger partial charge in [0.05, 0.1) is 0 Å². The summed E-state index contributed by atoms with van der Waals surface area (Å²) in [6, 6.07) is 6.20. The molecule has 0 saturated heterocycles. The van der Waals surface area contributed by atoms with Gasteiger partial charge in [-0.15, -0.1) is 0 Å². The molecule has 1 N–H and O–H groups in total. The second-order valence-electron chi connectivity index (χ2n) is 5.52. The number of carbonyl (C=O) groups excluding carboxylic acids is 1. The summed E-state index contributed by atoms with van der Waals surface area (Å²) < 4.78 is 11.1. The summed E-state index contributed by atoms with van der Waals surface area (Å²) in [6.45, 7) is 5.17. The molecule has 1 saturated carbocycles. The summed E-state index contributed by atoms with van der Waals surface area (Å²) >= 11 is 0. The molecule has 1 fully saturated rings. The number of amides is 1. The van der Waals surface area contributed by atoms with Gasteiger partial charge in [0.15, 0.2) is 11.5 Å². The molecule has 3 rings (SSSR count). The molecule has 1 aliphatic heterocycles. The first-order chi connectivity index (χ1) is 9.15. The third-order valence-electron chi connectivity index (χ3n) is 3.55. The standard InChI is InChI=1S/C15H19NO3/c1-9(2)16-15(17)12-8-11(12)10-3-4-13-14(7-10)19-6-5-18-13/h3-4,7,9,11-12H,5-6,8H2,1-2H3,(H,16,17)/t11-,12+/m0/s1. The quantitative estimate of drug-likeness (QED) is 0.906. The van der Waals surface area contributed by atoms with Crippen LogP contribution < -0.4 is 14.8 Å². The highest BCUT2D eigenvalue weighted by Gasteiger charge is 2.44. The van der Waals surface area contributed by atoms with E-state index in [0.29, 0.717) is 19.1 Å². The Kier molecular flexibility index (Phi) is 3.09. The van der Waals surface area contributed by atoms with Crippen molar-refractivity contribution in [3.63, 3.8) is 0 Å². The van der Waals surface area contributed by atoms with Crippen molar-refractivity contribution in [3.8, 4) is 11.5 Å². The SMILES string of the molecule is CC(C)NC(=O)[C@@H]1C[C@H]1c1ccc2c(c1)OCCO2. The van der Waals surface area contributed by atoms with Crippen molar-refractivity contribution in [1.82, 2.24) is 5.32 Å². The first-order valence-corrected chi connectivity index (χ1v) is 6.85. The molecule has 2 aliphatic rings. The van der Waals surface area contributed by atoms with Crippen molar-refractivity contribution in [2.45, 2.75) is 32.2 Å². The fourth-order valence-corrected chi connectivity index (χ4v) is 2.54. The molecule has 1 amide bonds. The molecule has 0 unspecified atom stereocenters. The summed E-state index contributed by atoms with van der Waals surface area (Å²) in [4.78, 5) is 11.9. The van der Waals surface area contributed by atoms with E-state index in [4.69, 9.17) is 9.47 Å². The van der Waals surface area contributed by atoms with Crippen LogP contribution in [0.2, 0.25) is 0 Å². The fourth-order valence-electron chi connectivity index (χ4n) is 2.54. The molecule has 0 spiro atoms. The molecule has 1 aromatic rings. The average molecular weight is 261 g/mol. The minimum absolute atomic E-state index is 0.116. The lowest BCUT2D eigenvalue weighted by molar-refractivity contribution is -0.122. The third-order valence-corrected chi connectivity index (χ3v) is 3.55. The summed E-state index contributed by atoms with van der Waals surface area (Å²) in [5.74, 6) is 2.21. The predicted molar refractivity (Wildman–Crippen MR) is 71.6 cm³/mol. The van der Waals surface area contributed by atoms with Crippen LogP contribution in [-0.4, -0.2) is 25.2 Å². The smallest absolute Gasteiger partial charge is 0.223 e. The number of carbonyl (C=O) groups is 1. The molecular formula is C15H19NO3. The maximum Gasteiger partial charge on any atom is 0.223 e. The lowest BCUT2D eigenvalue weighted by atomic mass is 10.1. The van der Waals surface area contributed by atoms with Gasteiger partial charge in [-0.3, -0.25) is 4.79 Å². The lowest BCUT2D eigenvalue weighted by Gasteiger charge is -2.18. The largest absolute Gasteiger partial charge is 0.486 e. The maximum absolute atomic E-state index is 11.9. The van der Waals surface area contributed by atoms with Gasteiger partial charge in [0.2, 0.25) is 5.91 Å². The highest BCUT2D eigenvalue weighted by Crippen LogP contribution is 2.49. The van der Waals surface area contributed by atoms with E-state index in [9.17, 15) is 4.79 Å². The predicted octanol–water partition coefficient (Wildman–Crippen LogP) is 2.09. The van der Waals surface area contributed by atoms with Crippen LogP contribution in [0.25, 0.3) is 0 Å². The molecule has 4 nitrogen and oxygen atoms in total. The number of hydrogen-bond donors (Lipinski definition) is 1. The Morgan fingerprint density at radius 1 is 1.26 bits per heavy atom. The van der Waals surface area contributed by atoms with E-state index >= 15 is 0 Å². The molecule has 0 radical (unpaired) electrons. The first kappa shape index (κ1) is 12.3. The van der Waals surface area contributed by atoms with Crippen LogP contribution in [0.1, 0.15) is 31.7 Å². The molecular weight excluding hydrogens is 242 g/mol. The van der Waals surface area contributed by atoms with Crippen LogP contribution in [0.4, 0.5) is 0 Å². The van der Waals surface area contributed by atoms with Crippen molar-refractivity contribution in [3.05, 3.63) is 23.8 Å². The molecule has 19 heavy (non-hydrogen) atoms. The molecule has 1 heterocycles. The van der Waals surface area contributed by atoms with Gasteiger partial charge in [0.25, 0.3) is 0 Å². The first-order valence-electron chi connectivity index (χ1n) is 6.85. The van der Waals surface area contributed by atoms with Crippen LogP contribution in [-0.2, 0) is 4.79 Å². The molecule has 102 valence electrons. The summed E-state index contributed by atoms with van der Waals surface area (Å²) in [5.41, 5.74) is 1.17. The van der Waals surface area contributed by atoms with Gasteiger partial charge >= 0.3 is 0 Å². The number of rotatable bonds is 3. The molecule has 0 bridgehead atoms. The summed E-state index contributed by atoms with van der Waals surface area (Å²) in [5, 5.41) is 2.97. The average Bonchev–Trinajstić information content (AvgIpc) is 3.17. The zero-order chi connectivity index (χ0) is 13.4. The number of hydrogen-bond acceptors (Lipinski definition) is 3. The van der Waals surface area contributed by atoms with Gasteiger partial charge in [-0.1, -0.05) is 6.07 Å². The zero-order valence-corrected chi connectivity index (χ0v) is 11.3. The van der Waals surface area contributed by atoms with Gasteiger partial charge in [-0.2, -0.15) is 0 Å². The zero-order valence-electron chi connectivity index (χ0n) is 11.3. The Labute approximate surface area is 113 Å². The van der Waals surface area contributed by atoms with Crippen molar-refractivity contribution < 1.29 is 14.3 Å². The van der Waals surface area contributed by atoms with Crippen LogP contribution >= 0.6 is 0 Å². The van der Waals surface area contributed by atoms with Crippen LogP contribution in [0, 0.1) is 5.92 Å². The number of fused-ring (bicyclic) bond motifs is 1. The Morgan fingerprint density at radius 3 is 2.74 bits per heavy atom. The lowest BCUT2D eigenvalue weighted by Crippen LogP contribution is -2.31. The van der Waals surface area contributed by atoms with Crippen LogP contribution in [0.5, 0.6) is 11.5 Å². The molecule has 1 aromatic carbocycles. The van der Waals surface area contributed by atoms with Crippen LogP contribution in [0.3, 0.4) is 0 Å². The van der Waals surface area contributed by atoms with E-state index in [0.717, 1.165) is 17.9 Å². The van der Waals surface area contributed by atoms with E-state index in [1.165, 1.54) is 5.56 Å². The normalized spacial score (nSPS) is 24.2. The van der Waals surface area contributed by atoms with E-state index in [-0.39, 0.29) is 17.9 Å². The van der Waals surface area contributed by atoms with Gasteiger partial charge in [-0.25, -0.2) is 0 Å². The van der Waals surface area contributed by atoms with Crippen molar-refractivity contribution in [2.75, 3.05) is 13.2 Å². The Balaban J connectivity index is 1.70. The highest BCUT2D eigenvalue weighted by molar-refractivity contribution is 5.83. The van der Waals surface area contributed by atoms with Gasteiger partial charge in [-0.05, 0) is 43.9 Å². The van der Waals surface area contributed by atoms with Gasteiger partial charge < -0.3 is 14.8 Å². The molecule has 1 aliphatic carbocycles. The summed E-state index contributed by atoms with van der Waals surface area (Å²) in [7, 11) is 0. The van der Waals surface area contributed by atoms with E-state index < -0.39 is 0 Å². The molecule has 4 heteroatoms. The van der Waals surface area contributed by atoms with Crippen LogP contribution in [0.15, 0.2) is 18.2 Å². The second kappa shape index (κ2) is 4.76. The minimum atomic E-state index is 0.116. The molecule has 2 atom stereocenters. The van der Waals surface area contributed by atoms with Gasteiger partial charge in [0.1, 0.15) is 13.2 Å².